The van der Waals surface area contributed by atoms with Crippen LogP contribution >= 0.6 is 11.9 Å². The SMILES string of the molecule is NC(=O)C1CCCCSN1. The molecule has 10 heavy (non-hydrogen) atoms. The number of hydrogen-bond donors (Lipinski definition) is 2. The molecule has 1 atom stereocenters. The quantitative estimate of drug-likeness (QED) is 0.541. The average molecular weight is 160 g/mol. The minimum atomic E-state index is -0.227. The first-order valence-electron chi connectivity index (χ1n) is 3.47. The molecule has 3 N–H and O–H groups in total. The summed E-state index contributed by atoms with van der Waals surface area (Å²) in [7, 11) is 0. The number of carbonyl (C=O) groups is 1. The number of amides is 1. The van der Waals surface area contributed by atoms with Gasteiger partial charge in [-0.25, -0.2) is 0 Å². The van der Waals surface area contributed by atoms with Gasteiger partial charge in [0.2, 0.25) is 5.91 Å². The lowest BCUT2D eigenvalue weighted by atomic mass is 10.1. The van der Waals surface area contributed by atoms with Gasteiger partial charge < -0.3 is 5.73 Å². The number of carbonyl (C=O) groups excluding carboxylic acids is 1. The van der Waals surface area contributed by atoms with Crippen LogP contribution in [0.2, 0.25) is 0 Å². The first-order chi connectivity index (χ1) is 4.80. The largest absolute Gasteiger partial charge is 0.368 e. The monoisotopic (exact) mass is 160 g/mol. The Morgan fingerprint density at radius 2 is 2.40 bits per heavy atom. The van der Waals surface area contributed by atoms with Gasteiger partial charge in [0, 0.05) is 5.75 Å². The highest BCUT2D eigenvalue weighted by molar-refractivity contribution is 7.97. The molecule has 1 unspecified atom stereocenters. The van der Waals surface area contributed by atoms with E-state index in [1.165, 1.54) is 6.42 Å². The van der Waals surface area contributed by atoms with Crippen molar-refractivity contribution in [1.29, 1.82) is 0 Å². The van der Waals surface area contributed by atoms with Gasteiger partial charge in [-0.3, -0.25) is 9.52 Å². The molecule has 1 aliphatic heterocycles. The maximum atomic E-state index is 10.7. The maximum Gasteiger partial charge on any atom is 0.235 e. The van der Waals surface area contributed by atoms with E-state index in [0.29, 0.717) is 0 Å². The highest BCUT2D eigenvalue weighted by Crippen LogP contribution is 2.12. The Bertz CT molecular complexity index is 121. The average Bonchev–Trinajstić information content (AvgIpc) is 2.12. The summed E-state index contributed by atoms with van der Waals surface area (Å²) in [6.07, 6.45) is 3.18. The Hall–Kier alpha value is -0.220. The van der Waals surface area contributed by atoms with Crippen LogP contribution in [0.5, 0.6) is 0 Å². The topological polar surface area (TPSA) is 55.1 Å². The molecule has 3 nitrogen and oxygen atoms in total. The number of hydrogen-bond acceptors (Lipinski definition) is 3. The van der Waals surface area contributed by atoms with Crippen molar-refractivity contribution in [1.82, 2.24) is 4.72 Å². The molecule has 0 aromatic rings. The van der Waals surface area contributed by atoms with Gasteiger partial charge in [0.1, 0.15) is 0 Å². The zero-order valence-corrected chi connectivity index (χ0v) is 6.62. The molecule has 0 bridgehead atoms. The second-order valence-electron chi connectivity index (χ2n) is 2.42. The van der Waals surface area contributed by atoms with Gasteiger partial charge in [0.15, 0.2) is 0 Å². The number of rotatable bonds is 1. The Morgan fingerprint density at radius 3 is 3.10 bits per heavy atom. The van der Waals surface area contributed by atoms with Crippen LogP contribution in [0, 0.1) is 0 Å². The van der Waals surface area contributed by atoms with Gasteiger partial charge >= 0.3 is 0 Å². The fourth-order valence-electron chi connectivity index (χ4n) is 0.941. The summed E-state index contributed by atoms with van der Waals surface area (Å²) in [6, 6.07) is -0.104. The Balaban J connectivity index is 2.35. The third-order valence-electron chi connectivity index (χ3n) is 1.56. The molecular weight excluding hydrogens is 148 g/mol. The predicted octanol–water partition coefficient (Wildman–Crippen LogP) is 0.262. The highest BCUT2D eigenvalue weighted by atomic mass is 32.2. The van der Waals surface area contributed by atoms with Crippen molar-refractivity contribution in [2.45, 2.75) is 25.3 Å². The van der Waals surface area contributed by atoms with E-state index in [2.05, 4.69) is 4.72 Å². The van der Waals surface area contributed by atoms with E-state index in [1.807, 2.05) is 0 Å². The smallest absolute Gasteiger partial charge is 0.235 e. The minimum absolute atomic E-state index is 0.104. The van der Waals surface area contributed by atoms with Crippen molar-refractivity contribution in [3.05, 3.63) is 0 Å². The molecule has 1 heterocycles. The zero-order chi connectivity index (χ0) is 7.40. The fraction of sp³-hybridized carbons (Fsp3) is 0.833. The van der Waals surface area contributed by atoms with Crippen LogP contribution in [0.4, 0.5) is 0 Å². The summed E-state index contributed by atoms with van der Waals surface area (Å²) >= 11 is 1.60. The van der Waals surface area contributed by atoms with E-state index in [9.17, 15) is 4.79 Å². The summed E-state index contributed by atoms with van der Waals surface area (Å²) < 4.78 is 3.02. The molecule has 1 amide bonds. The van der Waals surface area contributed by atoms with Crippen molar-refractivity contribution in [3.63, 3.8) is 0 Å². The van der Waals surface area contributed by atoms with Gasteiger partial charge in [0.05, 0.1) is 6.04 Å². The molecule has 0 aromatic carbocycles. The molecule has 1 fully saturated rings. The Morgan fingerprint density at radius 1 is 1.60 bits per heavy atom. The van der Waals surface area contributed by atoms with Crippen LogP contribution in [0.3, 0.4) is 0 Å². The first-order valence-corrected chi connectivity index (χ1v) is 4.46. The molecule has 0 aromatic heterocycles. The van der Waals surface area contributed by atoms with Gasteiger partial charge in [-0.05, 0) is 12.8 Å². The molecule has 58 valence electrons. The number of nitrogens with one attached hydrogen (secondary N) is 1. The van der Waals surface area contributed by atoms with Crippen LogP contribution in [0.25, 0.3) is 0 Å². The molecule has 0 radical (unpaired) electrons. The third-order valence-corrected chi connectivity index (χ3v) is 2.50. The van der Waals surface area contributed by atoms with Crippen molar-refractivity contribution in [2.24, 2.45) is 5.73 Å². The maximum absolute atomic E-state index is 10.7. The minimum Gasteiger partial charge on any atom is -0.368 e. The second-order valence-corrected chi connectivity index (χ2v) is 3.35. The van der Waals surface area contributed by atoms with Crippen LogP contribution in [0.1, 0.15) is 19.3 Å². The molecule has 4 heteroatoms. The normalized spacial score (nSPS) is 27.4. The van der Waals surface area contributed by atoms with Crippen LogP contribution in [-0.2, 0) is 4.79 Å². The molecule has 1 aliphatic rings. The predicted molar refractivity (Wildman–Crippen MR) is 42.4 cm³/mol. The van der Waals surface area contributed by atoms with E-state index in [4.69, 9.17) is 5.73 Å². The summed E-state index contributed by atoms with van der Waals surface area (Å²) in [5, 5.41) is 0. The fourth-order valence-corrected chi connectivity index (χ4v) is 1.84. The summed E-state index contributed by atoms with van der Waals surface area (Å²) in [4.78, 5) is 10.7. The Kier molecular flexibility index (Phi) is 3.02. The van der Waals surface area contributed by atoms with Crippen LogP contribution < -0.4 is 10.5 Å². The molecule has 0 saturated carbocycles. The van der Waals surface area contributed by atoms with Crippen LogP contribution in [-0.4, -0.2) is 17.7 Å². The molecule has 1 rings (SSSR count). The van der Waals surface area contributed by atoms with E-state index in [-0.39, 0.29) is 11.9 Å². The molecule has 0 spiro atoms. The van der Waals surface area contributed by atoms with Crippen molar-refractivity contribution < 1.29 is 4.79 Å². The van der Waals surface area contributed by atoms with Crippen molar-refractivity contribution in [3.8, 4) is 0 Å². The summed E-state index contributed by atoms with van der Waals surface area (Å²) in [6.45, 7) is 0. The third kappa shape index (κ3) is 2.19. The standard InChI is InChI=1S/C6H12N2OS/c7-6(9)5-3-1-2-4-10-8-5/h5,8H,1-4H2,(H2,7,9). The zero-order valence-electron chi connectivity index (χ0n) is 5.80. The first kappa shape index (κ1) is 7.88. The lowest BCUT2D eigenvalue weighted by Gasteiger charge is -2.08. The molecule has 0 aliphatic carbocycles. The lowest BCUT2D eigenvalue weighted by Crippen LogP contribution is -2.36. The van der Waals surface area contributed by atoms with Gasteiger partial charge in [-0.1, -0.05) is 18.4 Å². The van der Waals surface area contributed by atoms with Gasteiger partial charge in [-0.15, -0.1) is 0 Å². The lowest BCUT2D eigenvalue weighted by molar-refractivity contribution is -0.119. The van der Waals surface area contributed by atoms with Crippen molar-refractivity contribution in [2.75, 3.05) is 5.75 Å². The van der Waals surface area contributed by atoms with E-state index in [1.54, 1.807) is 11.9 Å². The van der Waals surface area contributed by atoms with E-state index < -0.39 is 0 Å². The second kappa shape index (κ2) is 3.83. The molecule has 1 saturated heterocycles. The Labute approximate surface area is 64.9 Å². The van der Waals surface area contributed by atoms with Gasteiger partial charge in [-0.2, -0.15) is 0 Å². The van der Waals surface area contributed by atoms with Gasteiger partial charge in [0.25, 0.3) is 0 Å². The molecular formula is C6H12N2OS. The van der Waals surface area contributed by atoms with E-state index >= 15 is 0 Å². The highest BCUT2D eigenvalue weighted by Gasteiger charge is 2.16. The summed E-state index contributed by atoms with van der Waals surface area (Å²) in [5.74, 6) is 0.860. The number of primary amides is 1. The summed E-state index contributed by atoms with van der Waals surface area (Å²) in [5.41, 5.74) is 5.12. The van der Waals surface area contributed by atoms with Crippen LogP contribution in [0.15, 0.2) is 0 Å². The van der Waals surface area contributed by atoms with Crippen molar-refractivity contribution >= 4 is 17.9 Å². The van der Waals surface area contributed by atoms with E-state index in [0.717, 1.165) is 18.6 Å². The number of nitrogens with two attached hydrogens (primary N) is 1.